The van der Waals surface area contributed by atoms with E-state index in [9.17, 15) is 10.2 Å². The van der Waals surface area contributed by atoms with Gasteiger partial charge >= 0.3 is 0 Å². The van der Waals surface area contributed by atoms with Crippen LogP contribution in [0.4, 0.5) is 0 Å². The Morgan fingerprint density at radius 2 is 2.06 bits per heavy atom. The average Bonchev–Trinajstić information content (AvgIpc) is 2.91. The summed E-state index contributed by atoms with van der Waals surface area (Å²) in [5.74, 6) is 1.66. The fourth-order valence-corrected chi connectivity index (χ4v) is 4.98. The summed E-state index contributed by atoms with van der Waals surface area (Å²) in [7, 11) is 0. The Morgan fingerprint density at radius 3 is 2.71 bits per heavy atom. The van der Waals surface area contributed by atoms with E-state index >= 15 is 0 Å². The van der Waals surface area contributed by atoms with E-state index in [2.05, 4.69) is 20.4 Å². The van der Waals surface area contributed by atoms with E-state index in [1.807, 2.05) is 0 Å². The highest BCUT2D eigenvalue weighted by Gasteiger charge is 2.70. The van der Waals surface area contributed by atoms with E-state index in [1.54, 1.807) is 0 Å². The summed E-state index contributed by atoms with van der Waals surface area (Å²) in [5, 5.41) is 20.0. The molecule has 2 heteroatoms. The summed E-state index contributed by atoms with van der Waals surface area (Å²) < 4.78 is 0. The zero-order valence-electron chi connectivity index (χ0n) is 10.9. The molecule has 0 bridgehead atoms. The van der Waals surface area contributed by atoms with Crippen molar-refractivity contribution in [3.05, 3.63) is 12.2 Å². The van der Waals surface area contributed by atoms with E-state index in [4.69, 9.17) is 0 Å². The lowest BCUT2D eigenvalue weighted by molar-refractivity contribution is -0.0488. The summed E-state index contributed by atoms with van der Waals surface area (Å²) >= 11 is 0. The predicted molar refractivity (Wildman–Crippen MR) is 67.4 cm³/mol. The fraction of sp³-hybridized carbons (Fsp3) is 0.867. The van der Waals surface area contributed by atoms with Gasteiger partial charge in [0, 0.05) is 12.0 Å². The smallest absolute Gasteiger partial charge is 0.0602 e. The SMILES string of the molecule is C=C1CC[C@H](O)[C@]2(C)CC[C@H]3[C@@H]([C@@H]12)[C@]3(C)CO. The Morgan fingerprint density at radius 1 is 1.35 bits per heavy atom. The molecule has 0 aromatic heterocycles. The lowest BCUT2D eigenvalue weighted by atomic mass is 9.57. The van der Waals surface area contributed by atoms with Crippen LogP contribution in [-0.2, 0) is 0 Å². The highest BCUT2D eigenvalue weighted by atomic mass is 16.3. The van der Waals surface area contributed by atoms with Crippen molar-refractivity contribution in [1.29, 1.82) is 0 Å². The van der Waals surface area contributed by atoms with Crippen LogP contribution in [0.1, 0.15) is 39.5 Å². The van der Waals surface area contributed by atoms with Gasteiger partial charge in [0.1, 0.15) is 0 Å². The molecule has 0 saturated heterocycles. The molecule has 0 spiro atoms. The second-order valence-electron chi connectivity index (χ2n) is 7.03. The predicted octanol–water partition coefficient (Wildman–Crippen LogP) is 2.36. The molecule has 17 heavy (non-hydrogen) atoms. The first-order chi connectivity index (χ1) is 7.95. The lowest BCUT2D eigenvalue weighted by Crippen LogP contribution is -2.46. The largest absolute Gasteiger partial charge is 0.396 e. The van der Waals surface area contributed by atoms with Gasteiger partial charge in [-0.15, -0.1) is 0 Å². The van der Waals surface area contributed by atoms with Crippen LogP contribution in [0, 0.1) is 28.6 Å². The van der Waals surface area contributed by atoms with Crippen LogP contribution in [0.25, 0.3) is 0 Å². The summed E-state index contributed by atoms with van der Waals surface area (Å²) in [6.07, 6.45) is 3.92. The van der Waals surface area contributed by atoms with E-state index < -0.39 is 0 Å². The summed E-state index contributed by atoms with van der Waals surface area (Å²) in [4.78, 5) is 0. The molecule has 3 aliphatic carbocycles. The van der Waals surface area contributed by atoms with Crippen LogP contribution in [0.5, 0.6) is 0 Å². The Labute approximate surface area is 104 Å². The number of aliphatic hydroxyl groups is 2. The molecule has 96 valence electrons. The first-order valence-electron chi connectivity index (χ1n) is 6.92. The standard InChI is InChI=1S/C15H24O2/c1-9-4-5-11(17)14(2)7-6-10-13(12(9)14)15(10,3)8-16/h10-13,16-17H,1,4-8H2,2-3H3/t10-,11-,12+,13-,14-,15+/m0/s1. The van der Waals surface area contributed by atoms with Crippen LogP contribution in [-0.4, -0.2) is 22.9 Å². The van der Waals surface area contributed by atoms with Crippen molar-refractivity contribution >= 4 is 0 Å². The van der Waals surface area contributed by atoms with Crippen molar-refractivity contribution in [2.75, 3.05) is 6.61 Å². The minimum atomic E-state index is -0.178. The molecule has 0 amide bonds. The van der Waals surface area contributed by atoms with E-state index in [1.165, 1.54) is 12.0 Å². The number of fused-ring (bicyclic) bond motifs is 3. The van der Waals surface area contributed by atoms with Gasteiger partial charge in [-0.25, -0.2) is 0 Å². The van der Waals surface area contributed by atoms with E-state index in [0.29, 0.717) is 17.8 Å². The summed E-state index contributed by atoms with van der Waals surface area (Å²) in [6.45, 7) is 9.00. The highest BCUT2D eigenvalue weighted by molar-refractivity contribution is 5.26. The fourth-order valence-electron chi connectivity index (χ4n) is 4.98. The third-order valence-corrected chi connectivity index (χ3v) is 6.28. The third-order valence-electron chi connectivity index (χ3n) is 6.28. The normalized spacial score (nSPS) is 57.3. The maximum absolute atomic E-state index is 10.4. The van der Waals surface area contributed by atoms with Crippen molar-refractivity contribution in [3.8, 4) is 0 Å². The number of hydrogen-bond acceptors (Lipinski definition) is 2. The van der Waals surface area contributed by atoms with Crippen molar-refractivity contribution in [2.24, 2.45) is 28.6 Å². The second kappa shape index (κ2) is 3.36. The molecule has 6 atom stereocenters. The summed E-state index contributed by atoms with van der Waals surface area (Å²) in [5.41, 5.74) is 1.44. The zero-order valence-corrected chi connectivity index (χ0v) is 10.9. The molecule has 0 radical (unpaired) electrons. The molecule has 2 nitrogen and oxygen atoms in total. The Bertz CT molecular complexity index is 364. The number of rotatable bonds is 1. The minimum absolute atomic E-state index is 0.0173. The Kier molecular flexibility index (Phi) is 2.32. The average molecular weight is 236 g/mol. The molecule has 3 aliphatic rings. The van der Waals surface area contributed by atoms with Crippen molar-refractivity contribution in [2.45, 2.75) is 45.6 Å². The van der Waals surface area contributed by atoms with Gasteiger partial charge in [0.2, 0.25) is 0 Å². The molecule has 0 aromatic carbocycles. The Hall–Kier alpha value is -0.340. The molecule has 3 rings (SSSR count). The van der Waals surface area contributed by atoms with Gasteiger partial charge in [0.25, 0.3) is 0 Å². The van der Waals surface area contributed by atoms with Gasteiger partial charge in [-0.2, -0.15) is 0 Å². The molecule has 0 unspecified atom stereocenters. The molecular weight excluding hydrogens is 212 g/mol. The number of hydrogen-bond donors (Lipinski definition) is 2. The minimum Gasteiger partial charge on any atom is -0.396 e. The van der Waals surface area contributed by atoms with E-state index in [0.717, 1.165) is 19.3 Å². The lowest BCUT2D eigenvalue weighted by Gasteiger charge is -2.49. The molecule has 0 aromatic rings. The quantitative estimate of drug-likeness (QED) is 0.686. The van der Waals surface area contributed by atoms with Crippen LogP contribution < -0.4 is 0 Å². The third kappa shape index (κ3) is 1.29. The topological polar surface area (TPSA) is 40.5 Å². The van der Waals surface area contributed by atoms with Gasteiger partial charge in [-0.1, -0.05) is 26.0 Å². The zero-order chi connectivity index (χ0) is 12.4. The summed E-state index contributed by atoms with van der Waals surface area (Å²) in [6, 6.07) is 0. The molecule has 0 heterocycles. The van der Waals surface area contributed by atoms with Crippen molar-refractivity contribution in [3.63, 3.8) is 0 Å². The maximum Gasteiger partial charge on any atom is 0.0602 e. The van der Waals surface area contributed by atoms with Crippen molar-refractivity contribution in [1.82, 2.24) is 0 Å². The van der Waals surface area contributed by atoms with Gasteiger partial charge in [-0.05, 0) is 48.9 Å². The van der Waals surface area contributed by atoms with Crippen LogP contribution in [0.3, 0.4) is 0 Å². The maximum atomic E-state index is 10.4. The van der Waals surface area contributed by atoms with Gasteiger partial charge in [-0.3, -0.25) is 0 Å². The van der Waals surface area contributed by atoms with Gasteiger partial charge < -0.3 is 10.2 Å². The Balaban J connectivity index is 1.96. The van der Waals surface area contributed by atoms with Crippen LogP contribution in [0.15, 0.2) is 12.2 Å². The van der Waals surface area contributed by atoms with Crippen molar-refractivity contribution < 1.29 is 10.2 Å². The van der Waals surface area contributed by atoms with Gasteiger partial charge in [0.05, 0.1) is 6.10 Å². The number of allylic oxidation sites excluding steroid dienone is 1. The van der Waals surface area contributed by atoms with Crippen LogP contribution >= 0.6 is 0 Å². The van der Waals surface area contributed by atoms with E-state index in [-0.39, 0.29) is 23.5 Å². The van der Waals surface area contributed by atoms with Crippen LogP contribution in [0.2, 0.25) is 0 Å². The first-order valence-corrected chi connectivity index (χ1v) is 6.92. The second-order valence-corrected chi connectivity index (χ2v) is 7.03. The highest BCUT2D eigenvalue weighted by Crippen LogP contribution is 2.73. The van der Waals surface area contributed by atoms with Gasteiger partial charge in [0.15, 0.2) is 0 Å². The molecule has 2 N–H and O–H groups in total. The molecule has 3 saturated carbocycles. The number of aliphatic hydroxyl groups excluding tert-OH is 2. The molecule has 3 fully saturated rings. The monoisotopic (exact) mass is 236 g/mol. The molecule has 0 aliphatic heterocycles. The first kappa shape index (κ1) is 11.7. The molecular formula is C15H24O2.